The first-order chi connectivity index (χ1) is 18.5. The molecular weight excluding hydrogens is 538 g/mol. The highest BCUT2D eigenvalue weighted by atomic mass is 35.5. The van der Waals surface area contributed by atoms with Crippen LogP contribution in [0, 0.1) is 0 Å². The summed E-state index contributed by atoms with van der Waals surface area (Å²) in [5.74, 6) is 0. The number of anilines is 1. The second-order valence-corrected chi connectivity index (χ2v) is 12.3. The van der Waals surface area contributed by atoms with Gasteiger partial charge >= 0.3 is 6.09 Å². The Balaban J connectivity index is 1.34. The highest BCUT2D eigenvalue weighted by Crippen LogP contribution is 2.30. The molecule has 3 heterocycles. The van der Waals surface area contributed by atoms with Crippen LogP contribution in [0.4, 0.5) is 10.5 Å². The molecule has 11 heteroatoms. The van der Waals surface area contributed by atoms with E-state index in [9.17, 15) is 13.2 Å². The number of amides is 1. The van der Waals surface area contributed by atoms with E-state index in [0.29, 0.717) is 30.2 Å². The van der Waals surface area contributed by atoms with Gasteiger partial charge in [0.1, 0.15) is 11.9 Å². The fourth-order valence-corrected chi connectivity index (χ4v) is 5.46. The van der Waals surface area contributed by atoms with E-state index in [4.69, 9.17) is 16.3 Å². The molecule has 1 amide bonds. The van der Waals surface area contributed by atoms with Crippen LogP contribution in [0.1, 0.15) is 32.8 Å². The third-order valence-electron chi connectivity index (χ3n) is 6.17. The molecule has 202 valence electrons. The lowest BCUT2D eigenvalue weighted by atomic mass is 10.0. The van der Waals surface area contributed by atoms with Gasteiger partial charge in [0.25, 0.3) is 10.0 Å². The van der Waals surface area contributed by atoms with Crippen LogP contribution in [0.5, 0.6) is 0 Å². The summed E-state index contributed by atoms with van der Waals surface area (Å²) in [6, 6.07) is 15.0. The first-order valence-corrected chi connectivity index (χ1v) is 14.2. The Morgan fingerprint density at radius 2 is 1.77 bits per heavy atom. The first kappa shape index (κ1) is 26.7. The van der Waals surface area contributed by atoms with Crippen molar-refractivity contribution < 1.29 is 17.9 Å². The molecule has 4 aromatic rings. The van der Waals surface area contributed by atoms with Crippen LogP contribution in [-0.4, -0.2) is 52.7 Å². The molecule has 0 atom stereocenters. The number of halogens is 1. The maximum absolute atomic E-state index is 12.7. The average molecular weight is 566 g/mol. The van der Waals surface area contributed by atoms with Crippen LogP contribution in [0.25, 0.3) is 22.3 Å². The summed E-state index contributed by atoms with van der Waals surface area (Å²) in [4.78, 5) is 18.7. The molecule has 0 bridgehead atoms. The second kappa shape index (κ2) is 10.3. The third-order valence-corrected chi connectivity index (χ3v) is 7.82. The molecule has 0 unspecified atom stereocenters. The topological polar surface area (TPSA) is 106 Å². The van der Waals surface area contributed by atoms with Crippen molar-refractivity contribution in [3.05, 3.63) is 83.8 Å². The number of rotatable bonds is 5. The van der Waals surface area contributed by atoms with E-state index in [-0.39, 0.29) is 11.0 Å². The fraction of sp³-hybridized carbons (Fsp3) is 0.250. The van der Waals surface area contributed by atoms with Gasteiger partial charge in [-0.3, -0.25) is 4.72 Å². The number of nitrogens with zero attached hydrogens (tertiary/aromatic N) is 4. The fourth-order valence-electron chi connectivity index (χ4n) is 4.28. The minimum absolute atomic E-state index is 0.125. The lowest BCUT2D eigenvalue weighted by Gasteiger charge is -2.29. The van der Waals surface area contributed by atoms with Crippen LogP contribution in [-0.2, 0) is 14.8 Å². The minimum atomic E-state index is -3.75. The van der Waals surface area contributed by atoms with Crippen molar-refractivity contribution in [1.29, 1.82) is 0 Å². The largest absolute Gasteiger partial charge is 0.444 e. The number of hydrogen-bond donors (Lipinski definition) is 1. The van der Waals surface area contributed by atoms with Crippen molar-refractivity contribution in [2.75, 3.05) is 17.8 Å². The third kappa shape index (κ3) is 6.07. The van der Waals surface area contributed by atoms with Crippen molar-refractivity contribution in [3.63, 3.8) is 0 Å². The Morgan fingerprint density at radius 3 is 2.41 bits per heavy atom. The molecule has 0 saturated carbocycles. The molecule has 0 spiro atoms. The van der Waals surface area contributed by atoms with Crippen LogP contribution in [0.2, 0.25) is 5.02 Å². The number of carbonyl (C=O) groups is 1. The zero-order valence-electron chi connectivity index (χ0n) is 21.8. The Bertz CT molecular complexity index is 1660. The van der Waals surface area contributed by atoms with E-state index >= 15 is 0 Å². The van der Waals surface area contributed by atoms with Crippen LogP contribution in [0.15, 0.2) is 78.1 Å². The van der Waals surface area contributed by atoms with E-state index in [1.165, 1.54) is 30.6 Å². The lowest BCUT2D eigenvalue weighted by Crippen LogP contribution is -2.39. The van der Waals surface area contributed by atoms with Gasteiger partial charge < -0.3 is 9.64 Å². The quantitative estimate of drug-likeness (QED) is 0.324. The predicted molar refractivity (Wildman–Crippen MR) is 151 cm³/mol. The van der Waals surface area contributed by atoms with Gasteiger partial charge in [-0.2, -0.15) is 5.10 Å². The van der Waals surface area contributed by atoms with Crippen molar-refractivity contribution >= 4 is 44.5 Å². The smallest absolute Gasteiger partial charge is 0.410 e. The number of benzene rings is 2. The molecule has 5 rings (SSSR count). The normalized spacial score (nSPS) is 14.3. The Hall–Kier alpha value is -3.89. The van der Waals surface area contributed by atoms with Gasteiger partial charge in [0, 0.05) is 35.6 Å². The van der Waals surface area contributed by atoms with E-state index in [0.717, 1.165) is 27.9 Å². The number of nitrogens with one attached hydrogen (secondary N) is 1. The lowest BCUT2D eigenvalue weighted by molar-refractivity contribution is 0.0270. The minimum Gasteiger partial charge on any atom is -0.444 e. The number of aromatic nitrogens is 3. The molecule has 2 aromatic heterocycles. The van der Waals surface area contributed by atoms with Crippen LogP contribution in [0.3, 0.4) is 0 Å². The standard InChI is InChI=1S/C28H28ClN5O4S/c1-28(2,3)38-27(35)33-14-12-19(13-15-33)21-16-25-26(30-18-31-34(25)17-21)20-4-8-23(9-5-20)32-39(36,37)24-10-6-22(29)7-11-24/h4-12,16-18,32H,13-15H2,1-3H3. The van der Waals surface area contributed by atoms with Crippen LogP contribution < -0.4 is 4.72 Å². The summed E-state index contributed by atoms with van der Waals surface area (Å²) in [6.45, 7) is 6.61. The second-order valence-electron chi connectivity index (χ2n) is 10.2. The number of ether oxygens (including phenoxy) is 1. The molecule has 1 N–H and O–H groups in total. The molecule has 9 nitrogen and oxygen atoms in total. The van der Waals surface area contributed by atoms with Gasteiger partial charge in [0.2, 0.25) is 0 Å². The summed E-state index contributed by atoms with van der Waals surface area (Å²) in [5.41, 5.74) is 4.38. The van der Waals surface area contributed by atoms with Gasteiger partial charge in [-0.25, -0.2) is 22.7 Å². The average Bonchev–Trinajstić information content (AvgIpc) is 3.33. The molecule has 0 radical (unpaired) electrons. The molecule has 1 aliphatic rings. The molecule has 0 fully saturated rings. The van der Waals surface area contributed by atoms with E-state index in [1.807, 2.05) is 51.2 Å². The maximum Gasteiger partial charge on any atom is 0.410 e. The summed E-state index contributed by atoms with van der Waals surface area (Å²) in [6.07, 6.45) is 5.86. The highest BCUT2D eigenvalue weighted by Gasteiger charge is 2.24. The van der Waals surface area contributed by atoms with Crippen LogP contribution >= 0.6 is 11.6 Å². The van der Waals surface area contributed by atoms with E-state index < -0.39 is 15.6 Å². The van der Waals surface area contributed by atoms with Gasteiger partial charge in [-0.15, -0.1) is 0 Å². The summed E-state index contributed by atoms with van der Waals surface area (Å²) in [5, 5.41) is 4.83. The Labute approximate surface area is 232 Å². The summed E-state index contributed by atoms with van der Waals surface area (Å²) < 4.78 is 35.3. The van der Waals surface area contributed by atoms with Gasteiger partial charge in [-0.05, 0) is 80.8 Å². The van der Waals surface area contributed by atoms with Gasteiger partial charge in [-0.1, -0.05) is 29.8 Å². The molecule has 39 heavy (non-hydrogen) atoms. The number of carbonyl (C=O) groups excluding carboxylic acids is 1. The molecular formula is C28H28ClN5O4S. The SMILES string of the molecule is CC(C)(C)OC(=O)N1CC=C(c2cc3c(-c4ccc(NS(=O)(=O)c5ccc(Cl)cc5)cc4)ncnn3c2)CC1. The Morgan fingerprint density at radius 1 is 1.05 bits per heavy atom. The highest BCUT2D eigenvalue weighted by molar-refractivity contribution is 7.92. The molecule has 1 aliphatic heterocycles. The zero-order chi connectivity index (χ0) is 27.8. The van der Waals surface area contributed by atoms with Crippen molar-refractivity contribution in [2.24, 2.45) is 0 Å². The first-order valence-electron chi connectivity index (χ1n) is 12.4. The van der Waals surface area contributed by atoms with E-state index in [2.05, 4.69) is 14.8 Å². The number of hydrogen-bond acceptors (Lipinski definition) is 6. The van der Waals surface area contributed by atoms with Crippen molar-refractivity contribution in [2.45, 2.75) is 37.7 Å². The van der Waals surface area contributed by atoms with Crippen molar-refractivity contribution in [3.8, 4) is 11.3 Å². The summed E-state index contributed by atoms with van der Waals surface area (Å²) >= 11 is 5.87. The van der Waals surface area contributed by atoms with Crippen molar-refractivity contribution in [1.82, 2.24) is 19.5 Å². The maximum atomic E-state index is 12.7. The van der Waals surface area contributed by atoms with E-state index in [1.54, 1.807) is 21.5 Å². The zero-order valence-corrected chi connectivity index (χ0v) is 23.3. The number of sulfonamides is 1. The summed E-state index contributed by atoms with van der Waals surface area (Å²) in [7, 11) is -3.75. The monoisotopic (exact) mass is 565 g/mol. The van der Waals surface area contributed by atoms with Gasteiger partial charge in [0.05, 0.1) is 16.1 Å². The molecule has 0 saturated heterocycles. The molecule has 2 aromatic carbocycles. The Kier molecular flexibility index (Phi) is 7.09. The predicted octanol–water partition coefficient (Wildman–Crippen LogP) is 5.87. The van der Waals surface area contributed by atoms with Gasteiger partial charge in [0.15, 0.2) is 0 Å². The molecule has 0 aliphatic carbocycles. The number of fused-ring (bicyclic) bond motifs is 1.